The normalized spacial score (nSPS) is 12.8. The standard InChI is InChI=1S/C63H41NO2/c1-3-17-42(18-4-1)49-21-7-9-23-51(49)44-31-35-46(36-32-44)64(47-37-33-45(34-38-47)52-24-10-8-22-50(52)43-19-5-2-6-20-43)48-39-40-58-60(41-48)65-61-55-27-13-16-30-59(55)66-62(61)63(58)56-28-14-11-25-53(56)54-26-12-15-29-57(54)63/h1-41H. The molecule has 2 aliphatic rings. The van der Waals surface area contributed by atoms with E-state index in [9.17, 15) is 0 Å². The lowest BCUT2D eigenvalue weighted by Crippen LogP contribution is -2.31. The van der Waals surface area contributed by atoms with Gasteiger partial charge >= 0.3 is 0 Å². The maximum absolute atomic E-state index is 7.15. The second-order valence-electron chi connectivity index (χ2n) is 17.1. The summed E-state index contributed by atoms with van der Waals surface area (Å²) in [6.45, 7) is 0. The van der Waals surface area contributed by atoms with Gasteiger partial charge in [-0.2, -0.15) is 0 Å². The first-order chi connectivity index (χ1) is 32.7. The maximum atomic E-state index is 7.15. The lowest BCUT2D eigenvalue weighted by Gasteiger charge is -2.37. The van der Waals surface area contributed by atoms with Crippen LogP contribution in [0.1, 0.15) is 22.5 Å². The Morgan fingerprint density at radius 3 is 1.24 bits per heavy atom. The molecule has 0 atom stereocenters. The van der Waals surface area contributed by atoms with Crippen LogP contribution in [0.25, 0.3) is 66.6 Å². The minimum atomic E-state index is -0.722. The van der Waals surface area contributed by atoms with Crippen molar-refractivity contribution in [3.63, 3.8) is 0 Å². The molecule has 10 aromatic carbocycles. The van der Waals surface area contributed by atoms with Crippen molar-refractivity contribution in [3.8, 4) is 67.1 Å². The smallest absolute Gasteiger partial charge is 0.178 e. The number of furan rings is 1. The summed E-state index contributed by atoms with van der Waals surface area (Å²) in [6.07, 6.45) is 0. The van der Waals surface area contributed by atoms with Gasteiger partial charge in [-0.3, -0.25) is 0 Å². The number of rotatable bonds is 7. The van der Waals surface area contributed by atoms with Crippen LogP contribution in [0, 0.1) is 0 Å². The van der Waals surface area contributed by atoms with Crippen molar-refractivity contribution in [1.82, 2.24) is 0 Å². The Morgan fingerprint density at radius 2 is 0.727 bits per heavy atom. The van der Waals surface area contributed by atoms with Gasteiger partial charge in [-0.1, -0.05) is 200 Å². The summed E-state index contributed by atoms with van der Waals surface area (Å²) >= 11 is 0. The van der Waals surface area contributed by atoms with Crippen LogP contribution in [-0.4, -0.2) is 0 Å². The van der Waals surface area contributed by atoms with Gasteiger partial charge in [0.25, 0.3) is 0 Å². The Balaban J connectivity index is 0.986. The molecule has 11 aromatic rings. The molecule has 0 fully saturated rings. The van der Waals surface area contributed by atoms with Crippen molar-refractivity contribution in [2.24, 2.45) is 0 Å². The van der Waals surface area contributed by atoms with Crippen molar-refractivity contribution in [2.45, 2.75) is 5.41 Å². The Bertz CT molecular complexity index is 3440. The molecule has 0 radical (unpaired) electrons. The molecule has 0 unspecified atom stereocenters. The third kappa shape index (κ3) is 5.84. The van der Waals surface area contributed by atoms with E-state index in [1.165, 1.54) is 55.6 Å². The van der Waals surface area contributed by atoms with Gasteiger partial charge in [-0.15, -0.1) is 0 Å². The number of para-hydroxylation sites is 1. The average molecular weight is 844 g/mol. The van der Waals surface area contributed by atoms with Gasteiger partial charge in [0.15, 0.2) is 11.5 Å². The van der Waals surface area contributed by atoms with Gasteiger partial charge in [0.1, 0.15) is 16.7 Å². The first-order valence-electron chi connectivity index (χ1n) is 22.6. The summed E-state index contributed by atoms with van der Waals surface area (Å²) in [7, 11) is 0. The van der Waals surface area contributed by atoms with Gasteiger partial charge in [0.2, 0.25) is 0 Å². The first-order valence-corrected chi connectivity index (χ1v) is 22.6. The molecule has 3 nitrogen and oxygen atoms in total. The minimum absolute atomic E-state index is 0.722. The van der Waals surface area contributed by atoms with Crippen molar-refractivity contribution in [3.05, 3.63) is 271 Å². The minimum Gasteiger partial charge on any atom is -0.455 e. The fourth-order valence-corrected chi connectivity index (χ4v) is 10.7. The monoisotopic (exact) mass is 843 g/mol. The highest BCUT2D eigenvalue weighted by Gasteiger charge is 2.54. The highest BCUT2D eigenvalue weighted by molar-refractivity contribution is 5.95. The Kier molecular flexibility index (Phi) is 8.75. The van der Waals surface area contributed by atoms with Crippen LogP contribution in [0.5, 0.6) is 11.5 Å². The summed E-state index contributed by atoms with van der Waals surface area (Å²) in [5.41, 5.74) is 18.5. The summed E-state index contributed by atoms with van der Waals surface area (Å²) in [5, 5.41) is 0.958. The van der Waals surface area contributed by atoms with Gasteiger partial charge in [-0.25, -0.2) is 0 Å². The Morgan fingerprint density at radius 1 is 0.318 bits per heavy atom. The van der Waals surface area contributed by atoms with E-state index >= 15 is 0 Å². The third-order valence-electron chi connectivity index (χ3n) is 13.6. The average Bonchev–Trinajstić information content (AvgIpc) is 3.91. The summed E-state index contributed by atoms with van der Waals surface area (Å²) in [4.78, 5) is 2.34. The molecule has 1 aliphatic heterocycles. The SMILES string of the molecule is c1ccc(-c2ccccc2-c2ccc(N(c3ccc(-c4ccccc4-c4ccccc4)cc3)c3ccc4c(c3)Oc3c(oc5ccccc35)C43c4ccccc4-c4ccccc43)cc2)cc1. The predicted octanol–water partition coefficient (Wildman–Crippen LogP) is 17.0. The summed E-state index contributed by atoms with van der Waals surface area (Å²) in [6, 6.07) is 89.0. The van der Waals surface area contributed by atoms with Gasteiger partial charge in [-0.05, 0) is 109 Å². The zero-order valence-electron chi connectivity index (χ0n) is 35.9. The van der Waals surface area contributed by atoms with E-state index in [1.807, 2.05) is 12.1 Å². The fraction of sp³-hybridized carbons (Fsp3) is 0.0159. The van der Waals surface area contributed by atoms with Crippen LogP contribution in [-0.2, 0) is 5.41 Å². The molecule has 0 bridgehead atoms. The van der Waals surface area contributed by atoms with Crippen LogP contribution < -0.4 is 9.64 Å². The predicted molar refractivity (Wildman–Crippen MR) is 270 cm³/mol. The van der Waals surface area contributed by atoms with E-state index in [2.05, 4.69) is 241 Å². The third-order valence-corrected chi connectivity index (χ3v) is 13.6. The molecule has 310 valence electrons. The zero-order valence-corrected chi connectivity index (χ0v) is 35.9. The molecule has 0 saturated carbocycles. The molecule has 66 heavy (non-hydrogen) atoms. The number of nitrogens with zero attached hydrogens (tertiary/aromatic N) is 1. The van der Waals surface area contributed by atoms with E-state index in [-0.39, 0.29) is 0 Å². The highest BCUT2D eigenvalue weighted by Crippen LogP contribution is 2.64. The van der Waals surface area contributed by atoms with E-state index < -0.39 is 5.41 Å². The van der Waals surface area contributed by atoms with Crippen LogP contribution in [0.15, 0.2) is 253 Å². The quantitative estimate of drug-likeness (QED) is 0.160. The first kappa shape index (κ1) is 37.9. The Labute approximate surface area is 384 Å². The second-order valence-corrected chi connectivity index (χ2v) is 17.1. The number of benzene rings is 10. The molecule has 13 rings (SSSR count). The number of hydrogen-bond donors (Lipinski definition) is 0. The van der Waals surface area contributed by atoms with Crippen molar-refractivity contribution in [2.75, 3.05) is 4.90 Å². The molecule has 1 spiro atoms. The van der Waals surface area contributed by atoms with Gasteiger partial charge < -0.3 is 14.1 Å². The lowest BCUT2D eigenvalue weighted by atomic mass is 9.69. The molecule has 3 heteroatoms. The second kappa shape index (κ2) is 15.3. The lowest BCUT2D eigenvalue weighted by molar-refractivity contribution is 0.389. The number of hydrogen-bond acceptors (Lipinski definition) is 3. The van der Waals surface area contributed by atoms with E-state index in [0.717, 1.165) is 62.0 Å². The van der Waals surface area contributed by atoms with Crippen LogP contribution in [0.2, 0.25) is 0 Å². The molecule has 0 N–H and O–H groups in total. The van der Waals surface area contributed by atoms with E-state index in [1.54, 1.807) is 0 Å². The van der Waals surface area contributed by atoms with Gasteiger partial charge in [0, 0.05) is 28.7 Å². The molecular weight excluding hydrogens is 803 g/mol. The maximum Gasteiger partial charge on any atom is 0.178 e. The van der Waals surface area contributed by atoms with Crippen molar-refractivity contribution >= 4 is 28.0 Å². The largest absolute Gasteiger partial charge is 0.455 e. The summed E-state index contributed by atoms with van der Waals surface area (Å²) in [5.74, 6) is 2.37. The van der Waals surface area contributed by atoms with Gasteiger partial charge in [0.05, 0.1) is 5.39 Å². The molecule has 0 saturated heterocycles. The van der Waals surface area contributed by atoms with E-state index in [0.29, 0.717) is 0 Å². The number of anilines is 3. The van der Waals surface area contributed by atoms with Crippen LogP contribution in [0.4, 0.5) is 17.1 Å². The molecule has 0 amide bonds. The highest BCUT2D eigenvalue weighted by atomic mass is 16.5. The van der Waals surface area contributed by atoms with Crippen molar-refractivity contribution < 1.29 is 9.15 Å². The Hall–Kier alpha value is -8.66. The fourth-order valence-electron chi connectivity index (χ4n) is 10.7. The molecule has 2 heterocycles. The topological polar surface area (TPSA) is 25.6 Å². The van der Waals surface area contributed by atoms with Crippen LogP contribution >= 0.6 is 0 Å². The van der Waals surface area contributed by atoms with Crippen molar-refractivity contribution in [1.29, 1.82) is 0 Å². The number of ether oxygens (including phenoxy) is 1. The molecular formula is C63H41NO2. The van der Waals surface area contributed by atoms with Crippen LogP contribution in [0.3, 0.4) is 0 Å². The summed E-state index contributed by atoms with van der Waals surface area (Å²) < 4.78 is 14.1. The van der Waals surface area contributed by atoms with E-state index in [4.69, 9.17) is 9.15 Å². The molecule has 1 aliphatic carbocycles. The molecule has 1 aromatic heterocycles. The number of fused-ring (bicyclic) bond motifs is 11. The zero-order chi connectivity index (χ0) is 43.6.